The molecule has 0 saturated heterocycles. The van der Waals surface area contributed by atoms with Crippen molar-refractivity contribution in [2.45, 2.75) is 12.7 Å². The summed E-state index contributed by atoms with van der Waals surface area (Å²) < 4.78 is 5.06. The van der Waals surface area contributed by atoms with E-state index in [4.69, 9.17) is 10.00 Å². The number of nitriles is 1. The van der Waals surface area contributed by atoms with Crippen molar-refractivity contribution in [3.8, 4) is 11.8 Å². The molecule has 0 N–H and O–H groups in total. The smallest absolute Gasteiger partial charge is 0.139 e. The van der Waals surface area contributed by atoms with Gasteiger partial charge in [0.15, 0.2) is 0 Å². The van der Waals surface area contributed by atoms with E-state index in [1.165, 1.54) is 0 Å². The molecule has 1 unspecified atom stereocenters. The predicted molar refractivity (Wildman–Crippen MR) is 52.5 cm³/mol. The summed E-state index contributed by atoms with van der Waals surface area (Å²) in [7, 11) is 3.61. The van der Waals surface area contributed by atoms with Crippen molar-refractivity contribution in [2.24, 2.45) is 0 Å². The van der Waals surface area contributed by atoms with Crippen LogP contribution in [0.25, 0.3) is 0 Å². The summed E-state index contributed by atoms with van der Waals surface area (Å²) in [6.45, 7) is 2.05. The highest BCUT2D eigenvalue weighted by atomic mass is 16.5. The van der Waals surface area contributed by atoms with Gasteiger partial charge in [-0.2, -0.15) is 5.26 Å². The number of methoxy groups -OCH3 is 1. The van der Waals surface area contributed by atoms with Crippen LogP contribution in [0.2, 0.25) is 0 Å². The van der Waals surface area contributed by atoms with E-state index in [0.717, 1.165) is 5.69 Å². The van der Waals surface area contributed by atoms with E-state index in [2.05, 4.69) is 4.98 Å². The zero-order chi connectivity index (χ0) is 9.84. The maximum absolute atomic E-state index is 8.71. The molecule has 1 aromatic heterocycles. The third-order valence-electron chi connectivity index (χ3n) is 1.82. The van der Waals surface area contributed by atoms with Crippen LogP contribution in [-0.2, 0) is 0 Å². The molecule has 0 radical (unpaired) electrons. The molecule has 0 aliphatic carbocycles. The molecule has 0 fully saturated rings. The van der Waals surface area contributed by atoms with Crippen molar-refractivity contribution in [3.63, 3.8) is 0 Å². The van der Waals surface area contributed by atoms with Gasteiger partial charge in [0.05, 0.1) is 7.11 Å². The highest BCUT2D eigenvalue weighted by Crippen LogP contribution is 2.20. The molecule has 1 rings (SSSR count). The molecule has 0 spiro atoms. The molecule has 0 aromatic carbocycles. The fourth-order valence-corrected chi connectivity index (χ4v) is 1.02. The van der Waals surface area contributed by atoms with Crippen LogP contribution in [-0.4, -0.2) is 19.9 Å². The first-order valence-corrected chi connectivity index (χ1v) is 4.13. The first kappa shape index (κ1) is 9.59. The summed E-state index contributed by atoms with van der Waals surface area (Å²) in [5.74, 6) is 0.947. The summed E-state index contributed by atoms with van der Waals surface area (Å²) in [6, 6.07) is 3.83. The third-order valence-corrected chi connectivity index (χ3v) is 1.82. The molecule has 0 amide bonds. The Morgan fingerprint density at radius 3 is 2.85 bits per heavy atom. The topological polar surface area (TPSA) is 45.9 Å². The number of hydrogen-bond donors (Lipinski definition) is 0. The number of pyridine rings is 1. The number of hydrogen-bond acceptors (Lipinski definition) is 3. The van der Waals surface area contributed by atoms with Gasteiger partial charge in [0.25, 0.3) is 0 Å². The summed E-state index contributed by atoms with van der Waals surface area (Å²) in [5, 5.41) is 8.71. The van der Waals surface area contributed by atoms with Gasteiger partial charge in [-0.1, -0.05) is 6.92 Å². The van der Waals surface area contributed by atoms with Crippen molar-refractivity contribution < 1.29 is 4.74 Å². The van der Waals surface area contributed by atoms with E-state index in [-0.39, 0.29) is 0 Å². The van der Waals surface area contributed by atoms with Crippen molar-refractivity contribution >= 4 is 7.85 Å². The Morgan fingerprint density at radius 2 is 2.38 bits per heavy atom. The highest BCUT2D eigenvalue weighted by molar-refractivity contribution is 6.11. The van der Waals surface area contributed by atoms with E-state index in [9.17, 15) is 0 Å². The zero-order valence-corrected chi connectivity index (χ0v) is 8.03. The molecule has 13 heavy (non-hydrogen) atoms. The molecule has 0 aliphatic heterocycles. The molecule has 1 aromatic rings. The largest absolute Gasteiger partial charge is 0.495 e. The second kappa shape index (κ2) is 3.95. The quantitative estimate of drug-likeness (QED) is 0.618. The minimum atomic E-state index is 0.349. The maximum atomic E-state index is 8.71. The van der Waals surface area contributed by atoms with Gasteiger partial charge >= 0.3 is 0 Å². The Balaban J connectivity index is 3.15. The van der Waals surface area contributed by atoms with E-state index >= 15 is 0 Å². The Bertz CT molecular complexity index is 344. The van der Waals surface area contributed by atoms with Crippen LogP contribution in [0.5, 0.6) is 5.75 Å². The van der Waals surface area contributed by atoms with Crippen molar-refractivity contribution in [1.29, 1.82) is 5.26 Å². The maximum Gasteiger partial charge on any atom is 0.139 e. The van der Waals surface area contributed by atoms with E-state index in [1.54, 1.807) is 13.3 Å². The van der Waals surface area contributed by atoms with Gasteiger partial charge in [0, 0.05) is 18.0 Å². The molecule has 1 heterocycles. The van der Waals surface area contributed by atoms with Gasteiger partial charge in [-0.15, -0.1) is 0 Å². The molecule has 66 valence electrons. The van der Waals surface area contributed by atoms with Crippen LogP contribution >= 0.6 is 0 Å². The molecular weight excluding hydrogens is 163 g/mol. The third kappa shape index (κ3) is 2.00. The Morgan fingerprint density at radius 1 is 1.69 bits per heavy atom. The Hall–Kier alpha value is -1.50. The minimum Gasteiger partial charge on any atom is -0.495 e. The highest BCUT2D eigenvalue weighted by Gasteiger charge is 2.06. The molecule has 3 nitrogen and oxygen atoms in total. The average molecular weight is 174 g/mol. The van der Waals surface area contributed by atoms with Crippen LogP contribution < -0.4 is 4.74 Å². The van der Waals surface area contributed by atoms with E-state index < -0.39 is 0 Å². The van der Waals surface area contributed by atoms with Gasteiger partial charge in [-0.25, -0.2) is 0 Å². The van der Waals surface area contributed by atoms with Gasteiger partial charge in [-0.3, -0.25) is 4.98 Å². The first-order valence-electron chi connectivity index (χ1n) is 4.13. The van der Waals surface area contributed by atoms with E-state index in [0.29, 0.717) is 17.1 Å². The van der Waals surface area contributed by atoms with Crippen LogP contribution in [0.4, 0.5) is 0 Å². The lowest BCUT2D eigenvalue weighted by Gasteiger charge is -2.07. The lowest BCUT2D eigenvalue weighted by molar-refractivity contribution is 0.412. The molecule has 0 saturated carbocycles. The second-order valence-corrected chi connectivity index (χ2v) is 3.08. The molecule has 4 heteroatoms. The summed E-state index contributed by atoms with van der Waals surface area (Å²) in [4.78, 5) is 4.16. The fourth-order valence-electron chi connectivity index (χ4n) is 1.02. The summed E-state index contributed by atoms with van der Waals surface area (Å²) >= 11 is 0. The van der Waals surface area contributed by atoms with Crippen molar-refractivity contribution in [1.82, 2.24) is 4.98 Å². The van der Waals surface area contributed by atoms with Crippen molar-refractivity contribution in [3.05, 3.63) is 23.5 Å². The SMILES string of the molecule is BC(C)c1cc(OC)c(C#N)cn1. The van der Waals surface area contributed by atoms with Gasteiger partial charge in [-0.05, 0) is 5.82 Å². The Labute approximate surface area is 78.8 Å². The number of ether oxygens (including phenoxy) is 1. The second-order valence-electron chi connectivity index (χ2n) is 3.08. The van der Waals surface area contributed by atoms with Crippen LogP contribution in [0.15, 0.2) is 12.3 Å². The number of rotatable bonds is 2. The van der Waals surface area contributed by atoms with Gasteiger partial charge in [0.2, 0.25) is 0 Å². The Kier molecular flexibility index (Phi) is 2.91. The predicted octanol–water partition coefficient (Wildman–Crippen LogP) is 0.656. The molecule has 1 atom stereocenters. The van der Waals surface area contributed by atoms with E-state index in [1.807, 2.05) is 26.9 Å². The lowest BCUT2D eigenvalue weighted by Crippen LogP contribution is -1.98. The number of aromatic nitrogens is 1. The first-order chi connectivity index (χ1) is 6.19. The zero-order valence-electron chi connectivity index (χ0n) is 8.03. The normalized spacial score (nSPS) is 11.8. The molecule has 0 bridgehead atoms. The summed E-state index contributed by atoms with van der Waals surface area (Å²) in [6.07, 6.45) is 1.55. The monoisotopic (exact) mass is 174 g/mol. The van der Waals surface area contributed by atoms with Crippen LogP contribution in [0.1, 0.15) is 24.0 Å². The fraction of sp³-hybridized carbons (Fsp3) is 0.333. The lowest BCUT2D eigenvalue weighted by atomic mass is 9.86. The minimum absolute atomic E-state index is 0.349. The van der Waals surface area contributed by atoms with Gasteiger partial charge in [0.1, 0.15) is 25.2 Å². The molecular formula is C9H11BN2O. The van der Waals surface area contributed by atoms with Crippen molar-refractivity contribution in [2.75, 3.05) is 7.11 Å². The van der Waals surface area contributed by atoms with Crippen LogP contribution in [0.3, 0.4) is 0 Å². The summed E-state index contributed by atoms with van der Waals surface area (Å²) in [5.41, 5.74) is 1.42. The van der Waals surface area contributed by atoms with Crippen LogP contribution in [0, 0.1) is 11.3 Å². The van der Waals surface area contributed by atoms with Gasteiger partial charge < -0.3 is 4.74 Å². The standard InChI is InChI=1S/C9H11BN2O/c1-6(10)8-3-9(13-2)7(4-11)5-12-8/h3,5-6H,10H2,1-2H3. The molecule has 0 aliphatic rings. The average Bonchev–Trinajstić information content (AvgIpc) is 2.16. The number of nitrogens with zero attached hydrogens (tertiary/aromatic N) is 2.